The molecule has 1 heterocycles. The first-order valence-corrected chi connectivity index (χ1v) is 9.65. The maximum atomic E-state index is 12.5. The fourth-order valence-electron chi connectivity index (χ4n) is 7.33. The van der Waals surface area contributed by atoms with E-state index < -0.39 is 5.72 Å². The molecule has 0 spiro atoms. The molecule has 0 aromatic rings. The Bertz CT molecular complexity index is 589. The maximum Gasteiger partial charge on any atom is 0.224 e. The van der Waals surface area contributed by atoms with E-state index in [4.69, 9.17) is 4.74 Å². The zero-order valence-electron chi connectivity index (χ0n) is 15.6. The zero-order chi connectivity index (χ0) is 17.3. The van der Waals surface area contributed by atoms with Gasteiger partial charge in [0.15, 0.2) is 0 Å². The van der Waals surface area contributed by atoms with Gasteiger partial charge in [0.05, 0.1) is 0 Å². The van der Waals surface area contributed by atoms with Crippen LogP contribution in [0.25, 0.3) is 0 Å². The van der Waals surface area contributed by atoms with Crippen molar-refractivity contribution < 1.29 is 14.3 Å². The molecule has 0 N–H and O–H groups in total. The van der Waals surface area contributed by atoms with Crippen molar-refractivity contribution in [1.29, 1.82) is 0 Å². The summed E-state index contributed by atoms with van der Waals surface area (Å²) < 4.78 is 6.11. The lowest BCUT2D eigenvalue weighted by Gasteiger charge is -2.65. The molecule has 0 aromatic carbocycles. The molecule has 3 aliphatic carbocycles. The van der Waals surface area contributed by atoms with E-state index in [9.17, 15) is 9.59 Å². The smallest absolute Gasteiger partial charge is 0.224 e. The number of likely N-dealkylation sites (tertiary alicyclic amines) is 1. The quantitative estimate of drug-likeness (QED) is 0.739. The normalized spacial score (nSPS) is 51.2. The zero-order valence-corrected chi connectivity index (χ0v) is 15.6. The monoisotopic (exact) mass is 333 g/mol. The third kappa shape index (κ3) is 1.73. The van der Waals surface area contributed by atoms with Crippen LogP contribution in [0.1, 0.15) is 65.2 Å². The molecule has 4 fully saturated rings. The second-order valence-corrected chi connectivity index (χ2v) is 9.19. The van der Waals surface area contributed by atoms with Crippen molar-refractivity contribution in [3.63, 3.8) is 0 Å². The maximum absolute atomic E-state index is 12.5. The number of ketones is 1. The first-order chi connectivity index (χ1) is 11.3. The van der Waals surface area contributed by atoms with Gasteiger partial charge in [-0.15, -0.1) is 0 Å². The topological polar surface area (TPSA) is 46.6 Å². The molecule has 24 heavy (non-hydrogen) atoms. The molecule has 134 valence electrons. The van der Waals surface area contributed by atoms with Gasteiger partial charge in [-0.1, -0.05) is 13.8 Å². The number of nitrogens with zero attached hydrogens (tertiary/aromatic N) is 1. The molecule has 1 amide bonds. The number of ether oxygens (including phenoxy) is 1. The molecule has 0 radical (unpaired) electrons. The number of fused-ring (bicyclic) bond motifs is 5. The van der Waals surface area contributed by atoms with E-state index in [1.807, 2.05) is 11.9 Å². The highest BCUT2D eigenvalue weighted by molar-refractivity contribution is 5.87. The number of rotatable bonds is 1. The lowest BCUT2D eigenvalue weighted by Crippen LogP contribution is -2.70. The highest BCUT2D eigenvalue weighted by Gasteiger charge is 2.67. The van der Waals surface area contributed by atoms with Crippen LogP contribution in [-0.4, -0.2) is 36.5 Å². The Morgan fingerprint density at radius 1 is 1.00 bits per heavy atom. The predicted octanol–water partition coefficient (Wildman–Crippen LogP) is 3.39. The molecular formula is C20H31NO3. The van der Waals surface area contributed by atoms with Gasteiger partial charge in [0.2, 0.25) is 5.91 Å². The van der Waals surface area contributed by atoms with Crippen molar-refractivity contribution in [3.8, 4) is 0 Å². The Hall–Kier alpha value is -0.900. The number of hydrogen-bond acceptors (Lipinski definition) is 3. The molecule has 4 nitrogen and oxygen atoms in total. The molecule has 1 aliphatic heterocycles. The fourth-order valence-corrected chi connectivity index (χ4v) is 7.33. The van der Waals surface area contributed by atoms with Gasteiger partial charge in [-0.2, -0.15) is 0 Å². The van der Waals surface area contributed by atoms with E-state index in [-0.39, 0.29) is 16.7 Å². The van der Waals surface area contributed by atoms with Crippen LogP contribution in [0.15, 0.2) is 0 Å². The van der Waals surface area contributed by atoms with Gasteiger partial charge in [0, 0.05) is 37.8 Å². The molecule has 1 saturated heterocycles. The second kappa shape index (κ2) is 5.06. The first kappa shape index (κ1) is 16.6. The summed E-state index contributed by atoms with van der Waals surface area (Å²) in [4.78, 5) is 26.8. The number of methoxy groups -OCH3 is 1. The minimum Gasteiger partial charge on any atom is -0.358 e. The van der Waals surface area contributed by atoms with Gasteiger partial charge in [0.25, 0.3) is 0 Å². The Morgan fingerprint density at radius 3 is 2.46 bits per heavy atom. The van der Waals surface area contributed by atoms with Gasteiger partial charge in [0.1, 0.15) is 11.5 Å². The van der Waals surface area contributed by atoms with Gasteiger partial charge in [-0.05, 0) is 56.3 Å². The van der Waals surface area contributed by atoms with Crippen LogP contribution in [0.2, 0.25) is 0 Å². The average molecular weight is 333 g/mol. The summed E-state index contributed by atoms with van der Waals surface area (Å²) in [6, 6.07) is 0. The van der Waals surface area contributed by atoms with E-state index in [0.717, 1.165) is 44.9 Å². The standard InChI is InChI=1S/C20H31NO3/c1-18-10-8-15-13(14(18)5-6-16(18)22)7-12-20(24-4)19(15,2)11-9-17(23)21(20)3/h13-15H,5-12H2,1-4H3/t13-,14-,15-,18-,19+,20+/m0/s1. The highest BCUT2D eigenvalue weighted by atomic mass is 16.5. The third-order valence-corrected chi connectivity index (χ3v) is 8.79. The van der Waals surface area contributed by atoms with Gasteiger partial charge in [-0.3, -0.25) is 9.59 Å². The molecule has 4 rings (SSSR count). The molecule has 0 aromatic heterocycles. The van der Waals surface area contributed by atoms with Crippen LogP contribution in [0, 0.1) is 28.6 Å². The van der Waals surface area contributed by atoms with E-state index in [1.165, 1.54) is 0 Å². The number of carbonyl (C=O) groups is 2. The number of carbonyl (C=O) groups excluding carboxylic acids is 2. The van der Waals surface area contributed by atoms with E-state index in [2.05, 4.69) is 13.8 Å². The summed E-state index contributed by atoms with van der Waals surface area (Å²) in [6.07, 6.45) is 7.50. The lowest BCUT2D eigenvalue weighted by atomic mass is 9.46. The number of piperidine rings is 1. The molecular weight excluding hydrogens is 302 g/mol. The molecule has 4 heteroatoms. The van der Waals surface area contributed by atoms with Gasteiger partial charge < -0.3 is 9.64 Å². The summed E-state index contributed by atoms with van der Waals surface area (Å²) in [5.74, 6) is 2.43. The number of Topliss-reactive ketones (excluding diaryl/α,β-unsaturated/α-hetero) is 1. The summed E-state index contributed by atoms with van der Waals surface area (Å²) in [6.45, 7) is 4.58. The SMILES string of the molecule is CO[C@]12CC[C@H]3[C@@H]4CCC(=O)[C@@]4(C)CC[C@@H]3[C@@]1(C)CCC(=O)N2C. The Balaban J connectivity index is 1.73. The van der Waals surface area contributed by atoms with Crippen LogP contribution in [0.3, 0.4) is 0 Å². The highest BCUT2D eigenvalue weighted by Crippen LogP contribution is 2.66. The summed E-state index contributed by atoms with van der Waals surface area (Å²) in [5.41, 5.74) is -0.541. The van der Waals surface area contributed by atoms with Crippen molar-refractivity contribution >= 4 is 11.7 Å². The molecule has 0 unspecified atom stereocenters. The van der Waals surface area contributed by atoms with Crippen LogP contribution in [-0.2, 0) is 14.3 Å². The molecule has 4 aliphatic rings. The predicted molar refractivity (Wildman–Crippen MR) is 91.1 cm³/mol. The van der Waals surface area contributed by atoms with Crippen molar-refractivity contribution in [2.24, 2.45) is 28.6 Å². The summed E-state index contributed by atoms with van der Waals surface area (Å²) in [7, 11) is 3.70. The average Bonchev–Trinajstić information content (AvgIpc) is 2.87. The van der Waals surface area contributed by atoms with E-state index in [1.54, 1.807) is 7.11 Å². The first-order valence-electron chi connectivity index (χ1n) is 9.65. The minimum absolute atomic E-state index is 0.000292. The Labute approximate surface area is 145 Å². The van der Waals surface area contributed by atoms with Crippen molar-refractivity contribution in [2.75, 3.05) is 14.2 Å². The van der Waals surface area contributed by atoms with Crippen molar-refractivity contribution in [2.45, 2.75) is 70.9 Å². The number of hydrogen-bond donors (Lipinski definition) is 0. The second-order valence-electron chi connectivity index (χ2n) is 9.19. The molecule has 3 saturated carbocycles. The third-order valence-electron chi connectivity index (χ3n) is 8.79. The van der Waals surface area contributed by atoms with Gasteiger partial charge >= 0.3 is 0 Å². The van der Waals surface area contributed by atoms with E-state index >= 15 is 0 Å². The largest absolute Gasteiger partial charge is 0.358 e. The van der Waals surface area contributed by atoms with Crippen LogP contribution < -0.4 is 0 Å². The lowest BCUT2D eigenvalue weighted by molar-refractivity contribution is -0.271. The Morgan fingerprint density at radius 2 is 1.75 bits per heavy atom. The van der Waals surface area contributed by atoms with Crippen molar-refractivity contribution in [1.82, 2.24) is 4.90 Å². The molecule has 6 atom stereocenters. The van der Waals surface area contributed by atoms with E-state index in [0.29, 0.717) is 30.0 Å². The molecule has 0 bridgehead atoms. The fraction of sp³-hybridized carbons (Fsp3) is 0.900. The summed E-state index contributed by atoms with van der Waals surface area (Å²) >= 11 is 0. The van der Waals surface area contributed by atoms with Gasteiger partial charge in [-0.25, -0.2) is 0 Å². The Kier molecular flexibility index (Phi) is 3.49. The van der Waals surface area contributed by atoms with Crippen LogP contribution >= 0.6 is 0 Å². The minimum atomic E-state index is -0.458. The van der Waals surface area contributed by atoms with Crippen LogP contribution in [0.4, 0.5) is 0 Å². The van der Waals surface area contributed by atoms with Crippen molar-refractivity contribution in [3.05, 3.63) is 0 Å². The summed E-state index contributed by atoms with van der Waals surface area (Å²) in [5, 5.41) is 0. The van der Waals surface area contributed by atoms with Crippen LogP contribution in [0.5, 0.6) is 0 Å². The number of amides is 1.